The van der Waals surface area contributed by atoms with Gasteiger partial charge in [-0.05, 0) is 31.5 Å². The summed E-state index contributed by atoms with van der Waals surface area (Å²) in [5.74, 6) is 1.75. The van der Waals surface area contributed by atoms with Gasteiger partial charge < -0.3 is 10.6 Å². The second-order valence-electron chi connectivity index (χ2n) is 5.52. The van der Waals surface area contributed by atoms with E-state index in [9.17, 15) is 4.79 Å². The first-order valence-electron chi connectivity index (χ1n) is 7.15. The van der Waals surface area contributed by atoms with Gasteiger partial charge in [-0.1, -0.05) is 19.1 Å². The van der Waals surface area contributed by atoms with Gasteiger partial charge in [0.05, 0.1) is 11.6 Å². The third-order valence-electron chi connectivity index (χ3n) is 3.88. The van der Waals surface area contributed by atoms with Crippen LogP contribution in [0.2, 0.25) is 0 Å². The highest BCUT2D eigenvalue weighted by Gasteiger charge is 2.29. The molecule has 1 aromatic carbocycles. The van der Waals surface area contributed by atoms with Crippen LogP contribution in [0.3, 0.4) is 0 Å². The Morgan fingerprint density at radius 3 is 2.81 bits per heavy atom. The van der Waals surface area contributed by atoms with Crippen LogP contribution in [0.1, 0.15) is 12.7 Å². The number of amides is 1. The van der Waals surface area contributed by atoms with E-state index in [2.05, 4.69) is 32.7 Å². The number of benzene rings is 1. The molecule has 21 heavy (non-hydrogen) atoms. The molecule has 3 rings (SSSR count). The highest BCUT2D eigenvalue weighted by molar-refractivity contribution is 5.96. The summed E-state index contributed by atoms with van der Waals surface area (Å²) in [7, 11) is 0. The molecule has 1 aromatic heterocycles. The van der Waals surface area contributed by atoms with Gasteiger partial charge >= 0.3 is 0 Å². The Hall–Kier alpha value is -2.21. The Kier molecular flexibility index (Phi) is 3.70. The Labute approximate surface area is 123 Å². The van der Waals surface area contributed by atoms with Crippen molar-refractivity contribution in [3.05, 3.63) is 30.1 Å². The summed E-state index contributed by atoms with van der Waals surface area (Å²) in [4.78, 5) is 16.7. The molecular formula is C15H19N5O. The molecule has 0 saturated carbocycles. The molecule has 1 fully saturated rings. The van der Waals surface area contributed by atoms with Gasteiger partial charge in [0.2, 0.25) is 5.91 Å². The maximum atomic E-state index is 12.4. The fraction of sp³-hybridized carbons (Fsp3) is 0.400. The van der Waals surface area contributed by atoms with E-state index in [0.717, 1.165) is 30.2 Å². The Balaban J connectivity index is 1.84. The lowest BCUT2D eigenvalue weighted by atomic mass is 9.97. The van der Waals surface area contributed by atoms with Crippen LogP contribution in [0, 0.1) is 18.8 Å². The predicted octanol–water partition coefficient (Wildman–Crippen LogP) is 1.57. The number of hydrogen-bond acceptors (Lipinski definition) is 4. The standard InChI is InChI=1S/C15H19N5O/c1-9-7-16-8-12(9)15(21)18-13-6-4-3-5-11(13)14-17-10(2)19-20-14/h3-6,9,12,16H,7-8H2,1-2H3,(H,18,21)(H,17,19,20). The monoisotopic (exact) mass is 285 g/mol. The summed E-state index contributed by atoms with van der Waals surface area (Å²) in [6, 6.07) is 7.60. The zero-order chi connectivity index (χ0) is 14.8. The Bertz CT molecular complexity index is 651. The van der Waals surface area contributed by atoms with E-state index in [-0.39, 0.29) is 11.8 Å². The second-order valence-corrected chi connectivity index (χ2v) is 5.52. The molecule has 0 aliphatic carbocycles. The topological polar surface area (TPSA) is 82.7 Å². The minimum Gasteiger partial charge on any atom is -0.325 e. The molecule has 0 spiro atoms. The van der Waals surface area contributed by atoms with Crippen LogP contribution in [-0.2, 0) is 4.79 Å². The first-order valence-corrected chi connectivity index (χ1v) is 7.15. The van der Waals surface area contributed by atoms with Gasteiger partial charge in [-0.3, -0.25) is 9.89 Å². The van der Waals surface area contributed by atoms with Crippen LogP contribution >= 0.6 is 0 Å². The minimum atomic E-state index is 0.00642. The Morgan fingerprint density at radius 1 is 1.33 bits per heavy atom. The fourth-order valence-electron chi connectivity index (χ4n) is 2.64. The number of rotatable bonds is 3. The van der Waals surface area contributed by atoms with Crippen molar-refractivity contribution in [3.63, 3.8) is 0 Å². The summed E-state index contributed by atoms with van der Waals surface area (Å²) < 4.78 is 0. The zero-order valence-corrected chi connectivity index (χ0v) is 12.2. The second kappa shape index (κ2) is 5.65. The minimum absolute atomic E-state index is 0.00642. The van der Waals surface area contributed by atoms with Crippen molar-refractivity contribution >= 4 is 11.6 Å². The van der Waals surface area contributed by atoms with Crippen LogP contribution < -0.4 is 10.6 Å². The molecule has 1 aliphatic heterocycles. The van der Waals surface area contributed by atoms with Gasteiger partial charge in [0, 0.05) is 12.1 Å². The Morgan fingerprint density at radius 2 is 2.14 bits per heavy atom. The van der Waals surface area contributed by atoms with E-state index in [0.29, 0.717) is 11.7 Å². The lowest BCUT2D eigenvalue weighted by molar-refractivity contribution is -0.120. The van der Waals surface area contributed by atoms with Crippen molar-refractivity contribution in [1.29, 1.82) is 0 Å². The summed E-state index contributed by atoms with van der Waals surface area (Å²) in [5, 5.41) is 13.3. The number of carbonyl (C=O) groups is 1. The van der Waals surface area contributed by atoms with Crippen LogP contribution in [-0.4, -0.2) is 34.2 Å². The molecule has 110 valence electrons. The molecule has 1 saturated heterocycles. The summed E-state index contributed by atoms with van der Waals surface area (Å²) in [6.07, 6.45) is 0. The molecule has 6 heteroatoms. The van der Waals surface area contributed by atoms with Gasteiger partial charge in [-0.15, -0.1) is 0 Å². The van der Waals surface area contributed by atoms with Gasteiger partial charge in [0.1, 0.15) is 5.82 Å². The maximum Gasteiger partial charge on any atom is 0.229 e. The molecular weight excluding hydrogens is 266 g/mol. The zero-order valence-electron chi connectivity index (χ0n) is 12.2. The first-order chi connectivity index (χ1) is 10.1. The van der Waals surface area contributed by atoms with E-state index < -0.39 is 0 Å². The van der Waals surface area contributed by atoms with E-state index in [1.807, 2.05) is 31.2 Å². The van der Waals surface area contributed by atoms with E-state index in [4.69, 9.17) is 0 Å². The molecule has 1 amide bonds. The van der Waals surface area contributed by atoms with Crippen LogP contribution in [0.15, 0.2) is 24.3 Å². The summed E-state index contributed by atoms with van der Waals surface area (Å²) in [6.45, 7) is 5.56. The third kappa shape index (κ3) is 2.80. The number of aromatic nitrogens is 3. The van der Waals surface area contributed by atoms with E-state index >= 15 is 0 Å². The smallest absolute Gasteiger partial charge is 0.229 e. The maximum absolute atomic E-state index is 12.4. The molecule has 2 unspecified atom stereocenters. The number of H-pyrrole nitrogens is 1. The van der Waals surface area contributed by atoms with Crippen molar-refractivity contribution in [2.45, 2.75) is 13.8 Å². The summed E-state index contributed by atoms with van der Waals surface area (Å²) in [5.41, 5.74) is 1.58. The van der Waals surface area contributed by atoms with Crippen LogP contribution in [0.25, 0.3) is 11.4 Å². The number of para-hydroxylation sites is 1. The molecule has 2 aromatic rings. The van der Waals surface area contributed by atoms with E-state index in [1.165, 1.54) is 0 Å². The van der Waals surface area contributed by atoms with Gasteiger partial charge in [0.25, 0.3) is 0 Å². The van der Waals surface area contributed by atoms with Crippen molar-refractivity contribution in [1.82, 2.24) is 20.5 Å². The highest BCUT2D eigenvalue weighted by Crippen LogP contribution is 2.26. The van der Waals surface area contributed by atoms with Crippen LogP contribution in [0.4, 0.5) is 5.69 Å². The van der Waals surface area contributed by atoms with Crippen LogP contribution in [0.5, 0.6) is 0 Å². The fourth-order valence-corrected chi connectivity index (χ4v) is 2.64. The molecule has 2 atom stereocenters. The number of aryl methyl sites for hydroxylation is 1. The SMILES string of the molecule is Cc1nc(-c2ccccc2NC(=O)C2CNCC2C)n[nH]1. The number of nitrogens with zero attached hydrogens (tertiary/aromatic N) is 2. The van der Waals surface area contributed by atoms with E-state index in [1.54, 1.807) is 0 Å². The largest absolute Gasteiger partial charge is 0.325 e. The van der Waals surface area contributed by atoms with Gasteiger partial charge in [0.15, 0.2) is 5.82 Å². The first kappa shape index (κ1) is 13.8. The van der Waals surface area contributed by atoms with Crippen molar-refractivity contribution in [2.75, 3.05) is 18.4 Å². The van der Waals surface area contributed by atoms with Crippen molar-refractivity contribution in [3.8, 4) is 11.4 Å². The average molecular weight is 285 g/mol. The quantitative estimate of drug-likeness (QED) is 0.799. The number of nitrogens with one attached hydrogen (secondary N) is 3. The normalized spacial score (nSPS) is 21.4. The average Bonchev–Trinajstić information content (AvgIpc) is 3.08. The molecule has 1 aliphatic rings. The van der Waals surface area contributed by atoms with Gasteiger partial charge in [-0.25, -0.2) is 4.98 Å². The van der Waals surface area contributed by atoms with Gasteiger partial charge in [-0.2, -0.15) is 5.10 Å². The summed E-state index contributed by atoms with van der Waals surface area (Å²) >= 11 is 0. The molecule has 2 heterocycles. The third-order valence-corrected chi connectivity index (χ3v) is 3.88. The number of carbonyl (C=O) groups excluding carboxylic acids is 1. The molecule has 6 nitrogen and oxygen atoms in total. The lowest BCUT2D eigenvalue weighted by Crippen LogP contribution is -2.28. The number of anilines is 1. The predicted molar refractivity (Wildman–Crippen MR) is 80.7 cm³/mol. The highest BCUT2D eigenvalue weighted by atomic mass is 16.1. The lowest BCUT2D eigenvalue weighted by Gasteiger charge is -2.15. The number of hydrogen-bond donors (Lipinski definition) is 3. The van der Waals surface area contributed by atoms with Crippen molar-refractivity contribution in [2.24, 2.45) is 11.8 Å². The molecule has 0 radical (unpaired) electrons. The molecule has 0 bridgehead atoms. The van der Waals surface area contributed by atoms with Crippen molar-refractivity contribution < 1.29 is 4.79 Å². The molecule has 3 N–H and O–H groups in total. The number of aromatic amines is 1.